The predicted molar refractivity (Wildman–Crippen MR) is 101 cm³/mol. The number of amides is 1. The largest absolute Gasteiger partial charge is 0.355 e. The molecule has 0 bridgehead atoms. The second kappa shape index (κ2) is 6.37. The van der Waals surface area contributed by atoms with Crippen molar-refractivity contribution >= 4 is 17.2 Å². The van der Waals surface area contributed by atoms with Crippen molar-refractivity contribution in [1.29, 1.82) is 0 Å². The van der Waals surface area contributed by atoms with Crippen molar-refractivity contribution in [2.45, 2.75) is 37.6 Å². The van der Waals surface area contributed by atoms with Crippen molar-refractivity contribution in [3.05, 3.63) is 42.1 Å². The maximum absolute atomic E-state index is 12.4. The van der Waals surface area contributed by atoms with E-state index in [0.717, 1.165) is 37.3 Å². The van der Waals surface area contributed by atoms with Crippen LogP contribution in [0.3, 0.4) is 0 Å². The normalized spacial score (nSPS) is 18.2. The third-order valence-electron chi connectivity index (χ3n) is 5.57. The number of hydrogen-bond acceptors (Lipinski definition) is 5. The molecule has 1 N–H and O–H groups in total. The van der Waals surface area contributed by atoms with Gasteiger partial charge in [-0.3, -0.25) is 9.48 Å². The number of carbonyl (C=O) groups excluding carboxylic acids is 1. The van der Waals surface area contributed by atoms with Crippen LogP contribution in [0.25, 0.3) is 5.52 Å². The first-order valence-corrected chi connectivity index (χ1v) is 9.57. The highest BCUT2D eigenvalue weighted by atomic mass is 16.2. The summed E-state index contributed by atoms with van der Waals surface area (Å²) in [6.45, 7) is 1.74. The molecule has 0 radical (unpaired) electrons. The lowest BCUT2D eigenvalue weighted by atomic mass is 10.0. The summed E-state index contributed by atoms with van der Waals surface area (Å²) in [4.78, 5) is 19.3. The van der Waals surface area contributed by atoms with Crippen molar-refractivity contribution in [3.8, 4) is 0 Å². The zero-order chi connectivity index (χ0) is 18.4. The smallest absolute Gasteiger partial charge is 0.269 e. The highest BCUT2D eigenvalue weighted by molar-refractivity contribution is 5.92. The topological polar surface area (TPSA) is 80.4 Å². The van der Waals surface area contributed by atoms with Gasteiger partial charge in [-0.2, -0.15) is 10.2 Å². The molecule has 1 amide bonds. The standard InChI is InChI=1S/C19H23N7O/c1-24-16(4-7-21-24)19(27)22-14-5-9-25(10-6-14)18-17-12-15(13-2-3-13)23-26(17)11-8-20-18/h4,7-8,11-14H,2-3,5-6,9-10H2,1H3,(H,22,27). The molecule has 8 nitrogen and oxygen atoms in total. The number of aryl methyl sites for hydroxylation is 1. The Kier molecular flexibility index (Phi) is 3.84. The maximum atomic E-state index is 12.4. The highest BCUT2D eigenvalue weighted by Gasteiger charge is 2.28. The molecule has 4 heterocycles. The molecule has 0 aromatic carbocycles. The molecule has 1 aliphatic heterocycles. The Labute approximate surface area is 157 Å². The van der Waals surface area contributed by atoms with Crippen molar-refractivity contribution in [2.24, 2.45) is 7.05 Å². The molecule has 1 saturated carbocycles. The lowest BCUT2D eigenvalue weighted by Gasteiger charge is -2.33. The summed E-state index contributed by atoms with van der Waals surface area (Å²) in [7, 11) is 1.78. The van der Waals surface area contributed by atoms with E-state index in [1.54, 1.807) is 24.0 Å². The van der Waals surface area contributed by atoms with Crippen LogP contribution in [0.1, 0.15) is 47.8 Å². The van der Waals surface area contributed by atoms with Crippen molar-refractivity contribution < 1.29 is 4.79 Å². The number of rotatable bonds is 4. The Morgan fingerprint density at radius 1 is 1.19 bits per heavy atom. The molecule has 140 valence electrons. The van der Waals surface area contributed by atoms with Crippen molar-refractivity contribution in [3.63, 3.8) is 0 Å². The van der Waals surface area contributed by atoms with E-state index in [0.29, 0.717) is 11.6 Å². The van der Waals surface area contributed by atoms with Gasteiger partial charge >= 0.3 is 0 Å². The third-order valence-corrected chi connectivity index (χ3v) is 5.57. The van der Waals surface area contributed by atoms with E-state index in [2.05, 4.69) is 26.4 Å². The first-order chi connectivity index (χ1) is 13.2. The lowest BCUT2D eigenvalue weighted by molar-refractivity contribution is 0.0921. The average molecular weight is 365 g/mol. The number of carbonyl (C=O) groups is 1. The minimum absolute atomic E-state index is 0.0569. The predicted octanol–water partition coefficient (Wildman–Crippen LogP) is 1.74. The molecule has 1 aliphatic carbocycles. The monoisotopic (exact) mass is 365 g/mol. The third kappa shape index (κ3) is 3.05. The summed E-state index contributed by atoms with van der Waals surface area (Å²) in [5, 5.41) is 11.9. The van der Waals surface area contributed by atoms with E-state index in [9.17, 15) is 4.79 Å². The molecule has 8 heteroatoms. The van der Waals surface area contributed by atoms with E-state index in [1.807, 2.05) is 16.9 Å². The van der Waals surface area contributed by atoms with Crippen LogP contribution in [0, 0.1) is 0 Å². The first kappa shape index (κ1) is 16.3. The van der Waals surface area contributed by atoms with Crippen molar-refractivity contribution in [2.75, 3.05) is 18.0 Å². The quantitative estimate of drug-likeness (QED) is 0.762. The summed E-state index contributed by atoms with van der Waals surface area (Å²) >= 11 is 0. The molecule has 1 saturated heterocycles. The van der Waals surface area contributed by atoms with E-state index in [-0.39, 0.29) is 11.9 Å². The van der Waals surface area contributed by atoms with Gasteiger partial charge in [0.1, 0.15) is 11.2 Å². The number of nitrogens with zero attached hydrogens (tertiary/aromatic N) is 6. The fraction of sp³-hybridized carbons (Fsp3) is 0.474. The van der Waals surface area contributed by atoms with Gasteiger partial charge in [-0.25, -0.2) is 9.50 Å². The van der Waals surface area contributed by atoms with Crippen LogP contribution in [0.2, 0.25) is 0 Å². The molecule has 0 spiro atoms. The van der Waals surface area contributed by atoms with Gasteiger partial charge in [-0.05, 0) is 37.8 Å². The van der Waals surface area contributed by atoms with E-state index >= 15 is 0 Å². The zero-order valence-electron chi connectivity index (χ0n) is 15.4. The van der Waals surface area contributed by atoms with Crippen LogP contribution in [-0.4, -0.2) is 49.4 Å². The first-order valence-electron chi connectivity index (χ1n) is 9.57. The number of fused-ring (bicyclic) bond motifs is 1. The fourth-order valence-corrected chi connectivity index (χ4v) is 3.84. The minimum Gasteiger partial charge on any atom is -0.355 e. The maximum Gasteiger partial charge on any atom is 0.269 e. The van der Waals surface area contributed by atoms with Crippen LogP contribution in [0.4, 0.5) is 5.82 Å². The molecule has 3 aromatic heterocycles. The number of nitrogens with one attached hydrogen (secondary N) is 1. The highest BCUT2D eigenvalue weighted by Crippen LogP contribution is 2.40. The van der Waals surface area contributed by atoms with Gasteiger partial charge in [0.25, 0.3) is 5.91 Å². The van der Waals surface area contributed by atoms with Gasteiger partial charge in [0, 0.05) is 50.7 Å². The number of anilines is 1. The molecule has 0 atom stereocenters. The van der Waals surface area contributed by atoms with Gasteiger partial charge in [0.15, 0.2) is 5.82 Å². The van der Waals surface area contributed by atoms with Gasteiger partial charge in [0.05, 0.1) is 5.69 Å². The summed E-state index contributed by atoms with van der Waals surface area (Å²) in [6, 6.07) is 4.11. The molecule has 5 rings (SSSR count). The Morgan fingerprint density at radius 3 is 2.70 bits per heavy atom. The average Bonchev–Trinajstić information content (AvgIpc) is 3.29. The van der Waals surface area contributed by atoms with Crippen LogP contribution >= 0.6 is 0 Å². The second-order valence-corrected chi connectivity index (χ2v) is 7.50. The fourth-order valence-electron chi connectivity index (χ4n) is 3.84. The number of piperidine rings is 1. The van der Waals surface area contributed by atoms with Gasteiger partial charge in [0.2, 0.25) is 0 Å². The Morgan fingerprint density at radius 2 is 2.00 bits per heavy atom. The lowest BCUT2D eigenvalue weighted by Crippen LogP contribution is -2.45. The summed E-state index contributed by atoms with van der Waals surface area (Å²) in [5.74, 6) is 1.57. The van der Waals surface area contributed by atoms with Gasteiger partial charge in [-0.1, -0.05) is 0 Å². The van der Waals surface area contributed by atoms with Gasteiger partial charge in [-0.15, -0.1) is 0 Å². The number of aromatic nitrogens is 5. The van der Waals surface area contributed by atoms with Crippen LogP contribution < -0.4 is 10.2 Å². The molecule has 27 heavy (non-hydrogen) atoms. The summed E-state index contributed by atoms with van der Waals surface area (Å²) in [6.07, 6.45) is 9.67. The van der Waals surface area contributed by atoms with Crippen molar-refractivity contribution in [1.82, 2.24) is 29.7 Å². The van der Waals surface area contributed by atoms with Crippen LogP contribution in [-0.2, 0) is 7.05 Å². The van der Waals surface area contributed by atoms with Crippen LogP contribution in [0.5, 0.6) is 0 Å². The molecular formula is C19H23N7O. The Hall–Kier alpha value is -2.90. The minimum atomic E-state index is -0.0569. The second-order valence-electron chi connectivity index (χ2n) is 7.50. The number of hydrogen-bond donors (Lipinski definition) is 1. The van der Waals surface area contributed by atoms with Gasteiger partial charge < -0.3 is 10.2 Å². The van der Waals surface area contributed by atoms with E-state index in [1.165, 1.54) is 18.5 Å². The molecule has 2 fully saturated rings. The zero-order valence-corrected chi connectivity index (χ0v) is 15.4. The SMILES string of the molecule is Cn1nccc1C(=O)NC1CCN(c2nccn3nc(C4CC4)cc23)CC1. The molecule has 2 aliphatic rings. The molecule has 3 aromatic rings. The summed E-state index contributed by atoms with van der Waals surface area (Å²) in [5.41, 5.74) is 2.86. The van der Waals surface area contributed by atoms with E-state index < -0.39 is 0 Å². The van der Waals surface area contributed by atoms with E-state index in [4.69, 9.17) is 5.10 Å². The molecule has 0 unspecified atom stereocenters. The summed E-state index contributed by atoms with van der Waals surface area (Å²) < 4.78 is 3.55. The Bertz CT molecular complexity index is 979. The molecular weight excluding hydrogens is 342 g/mol. The van der Waals surface area contributed by atoms with Crippen LogP contribution in [0.15, 0.2) is 30.7 Å². The Balaban J connectivity index is 1.27.